The first-order chi connectivity index (χ1) is 10.1. The number of thiazole rings is 1. The Morgan fingerprint density at radius 1 is 1.38 bits per heavy atom. The van der Waals surface area contributed by atoms with E-state index in [2.05, 4.69) is 25.6 Å². The number of hydrogen-bond donors (Lipinski definition) is 3. The highest BCUT2D eigenvalue weighted by molar-refractivity contribution is 7.17. The number of nitrogens with one attached hydrogen (secondary N) is 2. The fourth-order valence-electron chi connectivity index (χ4n) is 1.51. The van der Waals surface area contributed by atoms with E-state index in [0.29, 0.717) is 28.8 Å². The van der Waals surface area contributed by atoms with Gasteiger partial charge < -0.3 is 15.7 Å². The zero-order valence-electron chi connectivity index (χ0n) is 11.2. The molecule has 3 N–H and O–H groups in total. The van der Waals surface area contributed by atoms with E-state index >= 15 is 0 Å². The summed E-state index contributed by atoms with van der Waals surface area (Å²) in [5, 5.41) is 15.1. The van der Waals surface area contributed by atoms with Crippen LogP contribution in [0.25, 0.3) is 0 Å². The molecule has 2 rings (SSSR count). The number of hydrogen-bond acceptors (Lipinski definition) is 7. The summed E-state index contributed by atoms with van der Waals surface area (Å²) in [6.45, 7) is 0.314. The minimum Gasteiger partial charge on any atom is -0.477 e. The largest absolute Gasteiger partial charge is 0.477 e. The van der Waals surface area contributed by atoms with Crippen LogP contribution in [0.2, 0.25) is 0 Å². The van der Waals surface area contributed by atoms with Crippen molar-refractivity contribution in [3.05, 3.63) is 34.9 Å². The Kier molecular flexibility index (Phi) is 4.77. The highest BCUT2D eigenvalue weighted by Crippen LogP contribution is 2.16. The lowest BCUT2D eigenvalue weighted by atomic mass is 10.3. The number of rotatable bonds is 6. The molecule has 2 aromatic heterocycles. The van der Waals surface area contributed by atoms with Crippen molar-refractivity contribution in [2.24, 2.45) is 0 Å². The summed E-state index contributed by atoms with van der Waals surface area (Å²) in [5.41, 5.74) is -0.0626. The molecule has 9 heteroatoms. The van der Waals surface area contributed by atoms with Gasteiger partial charge in [-0.15, -0.1) is 0 Å². The fraction of sp³-hybridized carbons (Fsp3) is 0.250. The van der Waals surface area contributed by atoms with Gasteiger partial charge in [-0.05, 0) is 6.07 Å². The van der Waals surface area contributed by atoms with Gasteiger partial charge in [-0.25, -0.2) is 19.7 Å². The van der Waals surface area contributed by atoms with Crippen LogP contribution in [-0.4, -0.2) is 45.5 Å². The highest BCUT2D eigenvalue weighted by Gasteiger charge is 2.10. The molecule has 0 aliphatic carbocycles. The minimum atomic E-state index is -1.10. The van der Waals surface area contributed by atoms with E-state index in [-0.39, 0.29) is 11.6 Å². The molecular weight excluding hydrogens is 294 g/mol. The van der Waals surface area contributed by atoms with Gasteiger partial charge in [0, 0.05) is 26.2 Å². The maximum absolute atomic E-state index is 11.8. The number of carboxylic acid groups (broad SMARTS) is 1. The molecule has 0 unspecified atom stereocenters. The average molecular weight is 307 g/mol. The van der Waals surface area contributed by atoms with Crippen LogP contribution in [0.3, 0.4) is 0 Å². The number of amides is 1. The van der Waals surface area contributed by atoms with Crippen LogP contribution in [0.15, 0.2) is 18.5 Å². The first-order valence-corrected chi connectivity index (χ1v) is 6.89. The first-order valence-electron chi connectivity index (χ1n) is 6.07. The molecule has 1 amide bonds. The fourth-order valence-corrected chi connectivity index (χ4v) is 2.19. The van der Waals surface area contributed by atoms with Crippen molar-refractivity contribution in [1.82, 2.24) is 20.3 Å². The quantitative estimate of drug-likeness (QED) is 0.717. The zero-order valence-corrected chi connectivity index (χ0v) is 12.0. The summed E-state index contributed by atoms with van der Waals surface area (Å²) in [6.07, 6.45) is 3.23. The summed E-state index contributed by atoms with van der Waals surface area (Å²) in [5.74, 6) is -0.967. The predicted octanol–water partition coefficient (Wildman–Crippen LogP) is 0.645. The normalized spacial score (nSPS) is 10.1. The monoisotopic (exact) mass is 307 g/mol. The van der Waals surface area contributed by atoms with Crippen LogP contribution in [0.4, 0.5) is 5.13 Å². The molecule has 2 heterocycles. The smallest absolute Gasteiger partial charge is 0.354 e. The summed E-state index contributed by atoms with van der Waals surface area (Å²) < 4.78 is 0. The number of nitrogens with zero attached hydrogens (tertiary/aromatic N) is 3. The molecule has 0 fully saturated rings. The van der Waals surface area contributed by atoms with Crippen LogP contribution in [-0.2, 0) is 6.42 Å². The number of aromatic carboxylic acids is 1. The second kappa shape index (κ2) is 6.75. The molecule has 8 nitrogen and oxygen atoms in total. The molecule has 0 aliphatic heterocycles. The summed E-state index contributed by atoms with van der Waals surface area (Å²) in [4.78, 5) is 35.0. The van der Waals surface area contributed by atoms with Gasteiger partial charge in [-0.3, -0.25) is 4.79 Å². The SMILES string of the molecule is CNc1ncc(C(=O)NCCc2nccc(C(=O)O)n2)s1. The molecule has 110 valence electrons. The molecule has 0 aromatic carbocycles. The zero-order chi connectivity index (χ0) is 15.2. The summed E-state index contributed by atoms with van der Waals surface area (Å²) in [7, 11) is 1.73. The van der Waals surface area contributed by atoms with Gasteiger partial charge in [-0.1, -0.05) is 11.3 Å². The maximum Gasteiger partial charge on any atom is 0.354 e. The molecule has 0 spiro atoms. The molecule has 0 saturated heterocycles. The Labute approximate surface area is 124 Å². The van der Waals surface area contributed by atoms with E-state index in [0.717, 1.165) is 0 Å². The topological polar surface area (TPSA) is 117 Å². The van der Waals surface area contributed by atoms with Crippen molar-refractivity contribution >= 4 is 28.3 Å². The van der Waals surface area contributed by atoms with Gasteiger partial charge >= 0.3 is 5.97 Å². The molecular formula is C12H13N5O3S. The minimum absolute atomic E-state index is 0.0626. The standard InChI is InChI=1S/C12H13N5O3S/c1-13-12-16-6-8(21-12)10(18)15-5-3-9-14-4-2-7(17-9)11(19)20/h2,4,6H,3,5H2,1H3,(H,13,16)(H,15,18)(H,19,20). The Hall–Kier alpha value is -2.55. The van der Waals surface area contributed by atoms with Crippen LogP contribution in [0.5, 0.6) is 0 Å². The molecule has 2 aromatic rings. The van der Waals surface area contributed by atoms with Crippen LogP contribution in [0.1, 0.15) is 26.0 Å². The van der Waals surface area contributed by atoms with Gasteiger partial charge in [0.1, 0.15) is 10.7 Å². The van der Waals surface area contributed by atoms with E-state index in [4.69, 9.17) is 5.11 Å². The lowest BCUT2D eigenvalue weighted by molar-refractivity contribution is 0.0689. The van der Waals surface area contributed by atoms with Gasteiger partial charge in [0.05, 0.1) is 6.20 Å². The van der Waals surface area contributed by atoms with Crippen molar-refractivity contribution in [2.45, 2.75) is 6.42 Å². The third kappa shape index (κ3) is 3.96. The third-order valence-electron chi connectivity index (χ3n) is 2.50. The average Bonchev–Trinajstić information content (AvgIpc) is 2.96. The number of carbonyl (C=O) groups is 2. The van der Waals surface area contributed by atoms with Crippen molar-refractivity contribution in [3.63, 3.8) is 0 Å². The lowest BCUT2D eigenvalue weighted by Crippen LogP contribution is -2.25. The second-order valence-electron chi connectivity index (χ2n) is 3.95. The molecule has 0 bridgehead atoms. The molecule has 0 radical (unpaired) electrons. The lowest BCUT2D eigenvalue weighted by Gasteiger charge is -2.03. The molecule has 0 aliphatic rings. The van der Waals surface area contributed by atoms with Crippen LogP contribution < -0.4 is 10.6 Å². The molecule has 0 atom stereocenters. The Bertz CT molecular complexity index is 658. The van der Waals surface area contributed by atoms with Gasteiger partial charge in [0.25, 0.3) is 5.91 Å². The van der Waals surface area contributed by atoms with Gasteiger partial charge in [-0.2, -0.15) is 0 Å². The number of carbonyl (C=O) groups excluding carboxylic acids is 1. The molecule has 21 heavy (non-hydrogen) atoms. The Balaban J connectivity index is 1.87. The van der Waals surface area contributed by atoms with E-state index in [1.54, 1.807) is 7.05 Å². The van der Waals surface area contributed by atoms with Crippen LogP contribution >= 0.6 is 11.3 Å². The third-order valence-corrected chi connectivity index (χ3v) is 3.52. The van der Waals surface area contributed by atoms with Crippen molar-refractivity contribution in [3.8, 4) is 0 Å². The van der Waals surface area contributed by atoms with E-state index in [1.165, 1.54) is 29.8 Å². The van der Waals surface area contributed by atoms with Gasteiger partial charge in [0.15, 0.2) is 10.8 Å². The Morgan fingerprint density at radius 3 is 2.86 bits per heavy atom. The first kappa shape index (κ1) is 14.9. The van der Waals surface area contributed by atoms with E-state index in [1.807, 2.05) is 0 Å². The van der Waals surface area contributed by atoms with Crippen molar-refractivity contribution < 1.29 is 14.7 Å². The van der Waals surface area contributed by atoms with E-state index < -0.39 is 5.97 Å². The highest BCUT2D eigenvalue weighted by atomic mass is 32.1. The number of aromatic nitrogens is 3. The van der Waals surface area contributed by atoms with E-state index in [9.17, 15) is 9.59 Å². The second-order valence-corrected chi connectivity index (χ2v) is 4.98. The van der Waals surface area contributed by atoms with Crippen LogP contribution in [0, 0.1) is 0 Å². The number of carboxylic acids is 1. The van der Waals surface area contributed by atoms with Crippen molar-refractivity contribution in [1.29, 1.82) is 0 Å². The Morgan fingerprint density at radius 2 is 2.19 bits per heavy atom. The summed E-state index contributed by atoms with van der Waals surface area (Å²) >= 11 is 1.25. The maximum atomic E-state index is 11.8. The van der Waals surface area contributed by atoms with Gasteiger partial charge in [0.2, 0.25) is 0 Å². The molecule has 0 saturated carbocycles. The predicted molar refractivity (Wildman–Crippen MR) is 76.7 cm³/mol. The number of anilines is 1. The summed E-state index contributed by atoms with van der Waals surface area (Å²) in [6, 6.07) is 1.32. The van der Waals surface area contributed by atoms with Crippen molar-refractivity contribution in [2.75, 3.05) is 18.9 Å².